The van der Waals surface area contributed by atoms with Crippen molar-refractivity contribution >= 4 is 37.5 Å². The van der Waals surface area contributed by atoms with E-state index < -0.39 is 16.1 Å². The van der Waals surface area contributed by atoms with Gasteiger partial charge in [-0.1, -0.05) is 29.8 Å². The maximum atomic E-state index is 13.3. The Labute approximate surface area is 192 Å². The van der Waals surface area contributed by atoms with Crippen LogP contribution in [0.3, 0.4) is 0 Å². The molecule has 32 heavy (non-hydrogen) atoms. The van der Waals surface area contributed by atoms with E-state index >= 15 is 0 Å². The first-order chi connectivity index (χ1) is 15.4. The van der Waals surface area contributed by atoms with Gasteiger partial charge in [-0.2, -0.15) is 4.31 Å². The molecule has 1 aromatic heterocycles. The third-order valence-electron chi connectivity index (χ3n) is 6.58. The Morgan fingerprint density at radius 1 is 1.00 bits per heavy atom. The molecule has 0 radical (unpaired) electrons. The zero-order valence-electron chi connectivity index (χ0n) is 18.1. The highest BCUT2D eigenvalue weighted by atomic mass is 32.2. The molecule has 0 spiro atoms. The molecule has 2 aliphatic rings. The van der Waals surface area contributed by atoms with Crippen molar-refractivity contribution in [3.8, 4) is 0 Å². The van der Waals surface area contributed by atoms with Crippen LogP contribution >= 0.6 is 11.3 Å². The fourth-order valence-electron chi connectivity index (χ4n) is 4.74. The SMILES string of the molecule is Cc1ccc(S(=O)(=O)N2CCC[C@H]2C(=O)N2CCC(c3nc4ccccc4s3)CC2)cc1. The van der Waals surface area contributed by atoms with Gasteiger partial charge >= 0.3 is 0 Å². The van der Waals surface area contributed by atoms with Gasteiger partial charge in [-0.05, 0) is 56.9 Å². The average molecular weight is 470 g/mol. The lowest BCUT2D eigenvalue weighted by Gasteiger charge is -2.34. The second kappa shape index (κ2) is 8.57. The molecular formula is C24H27N3O3S2. The van der Waals surface area contributed by atoms with Gasteiger partial charge in [0.25, 0.3) is 0 Å². The predicted molar refractivity (Wildman–Crippen MR) is 126 cm³/mol. The average Bonchev–Trinajstić information content (AvgIpc) is 3.47. The van der Waals surface area contributed by atoms with Gasteiger partial charge in [0.05, 0.1) is 20.1 Å². The van der Waals surface area contributed by atoms with Gasteiger partial charge in [0.15, 0.2) is 0 Å². The second-order valence-corrected chi connectivity index (χ2v) is 11.7. The van der Waals surface area contributed by atoms with Gasteiger partial charge in [-0.3, -0.25) is 4.79 Å². The standard InChI is InChI=1S/C24H27N3O3S2/c1-17-8-10-19(11-9-17)32(29,30)27-14-4-6-21(27)24(28)26-15-12-18(13-16-26)23-25-20-5-2-3-7-22(20)31-23/h2-3,5,7-11,18,21H,4,6,12-16H2,1H3/t21-/m0/s1. The molecule has 1 amide bonds. The summed E-state index contributed by atoms with van der Waals surface area (Å²) in [5.74, 6) is 0.299. The van der Waals surface area contributed by atoms with E-state index in [4.69, 9.17) is 4.98 Å². The Kier molecular flexibility index (Phi) is 5.77. The molecule has 3 heterocycles. The first-order valence-corrected chi connectivity index (χ1v) is 13.4. The van der Waals surface area contributed by atoms with Crippen LogP contribution in [0.25, 0.3) is 10.2 Å². The molecule has 0 unspecified atom stereocenters. The number of sulfonamides is 1. The van der Waals surface area contributed by atoms with Crippen LogP contribution in [0.5, 0.6) is 0 Å². The van der Waals surface area contributed by atoms with E-state index in [1.807, 2.05) is 30.0 Å². The number of para-hydroxylation sites is 1. The van der Waals surface area contributed by atoms with Gasteiger partial charge in [0.1, 0.15) is 6.04 Å². The number of aromatic nitrogens is 1. The van der Waals surface area contributed by atoms with Crippen LogP contribution in [0, 0.1) is 6.92 Å². The Balaban J connectivity index is 1.27. The number of hydrogen-bond donors (Lipinski definition) is 0. The van der Waals surface area contributed by atoms with Crippen LogP contribution in [0.2, 0.25) is 0 Å². The molecule has 1 atom stereocenters. The summed E-state index contributed by atoms with van der Waals surface area (Å²) in [6.07, 6.45) is 3.03. The maximum absolute atomic E-state index is 13.3. The molecule has 168 valence electrons. The highest BCUT2D eigenvalue weighted by Gasteiger charge is 2.41. The molecule has 2 saturated heterocycles. The predicted octanol–water partition coefficient (Wildman–Crippen LogP) is 4.16. The lowest BCUT2D eigenvalue weighted by Crippen LogP contribution is -2.49. The Morgan fingerprint density at radius 3 is 2.44 bits per heavy atom. The van der Waals surface area contributed by atoms with Gasteiger partial charge < -0.3 is 4.90 Å². The van der Waals surface area contributed by atoms with E-state index in [9.17, 15) is 13.2 Å². The molecule has 8 heteroatoms. The van der Waals surface area contributed by atoms with Crippen molar-refractivity contribution in [1.29, 1.82) is 0 Å². The topological polar surface area (TPSA) is 70.6 Å². The lowest BCUT2D eigenvalue weighted by molar-refractivity contribution is -0.135. The van der Waals surface area contributed by atoms with Crippen LogP contribution < -0.4 is 0 Å². The number of carbonyl (C=O) groups excluding carboxylic acids is 1. The molecule has 2 fully saturated rings. The Morgan fingerprint density at radius 2 is 1.72 bits per heavy atom. The molecule has 0 saturated carbocycles. The summed E-state index contributed by atoms with van der Waals surface area (Å²) in [7, 11) is -3.68. The van der Waals surface area contributed by atoms with E-state index in [2.05, 4.69) is 6.07 Å². The zero-order valence-corrected chi connectivity index (χ0v) is 19.7. The summed E-state index contributed by atoms with van der Waals surface area (Å²) in [5, 5.41) is 1.14. The summed E-state index contributed by atoms with van der Waals surface area (Å²) in [4.78, 5) is 20.2. The van der Waals surface area contributed by atoms with Crippen molar-refractivity contribution in [2.24, 2.45) is 0 Å². The van der Waals surface area contributed by atoms with Crippen LogP contribution in [0.15, 0.2) is 53.4 Å². The van der Waals surface area contributed by atoms with Crippen molar-refractivity contribution < 1.29 is 13.2 Å². The molecule has 0 bridgehead atoms. The number of benzene rings is 2. The van der Waals surface area contributed by atoms with E-state index in [0.29, 0.717) is 38.4 Å². The number of nitrogens with zero attached hydrogens (tertiary/aromatic N) is 3. The number of carbonyl (C=O) groups is 1. The van der Waals surface area contributed by atoms with Crippen molar-refractivity contribution in [3.63, 3.8) is 0 Å². The van der Waals surface area contributed by atoms with Gasteiger partial charge in [-0.25, -0.2) is 13.4 Å². The smallest absolute Gasteiger partial charge is 0.243 e. The van der Waals surface area contributed by atoms with E-state index in [-0.39, 0.29) is 10.8 Å². The fourth-order valence-corrected chi connectivity index (χ4v) is 7.53. The quantitative estimate of drug-likeness (QED) is 0.575. The number of hydrogen-bond acceptors (Lipinski definition) is 5. The molecule has 5 rings (SSSR count). The molecule has 2 aliphatic heterocycles. The fraction of sp³-hybridized carbons (Fsp3) is 0.417. The first-order valence-electron chi connectivity index (χ1n) is 11.2. The first kappa shape index (κ1) is 21.6. The third kappa shape index (κ3) is 3.95. The van der Waals surface area contributed by atoms with E-state index in [1.165, 1.54) is 9.01 Å². The molecule has 0 N–H and O–H groups in total. The minimum Gasteiger partial charge on any atom is -0.341 e. The third-order valence-corrected chi connectivity index (χ3v) is 9.70. The van der Waals surface area contributed by atoms with E-state index in [1.54, 1.807) is 35.6 Å². The summed E-state index contributed by atoms with van der Waals surface area (Å²) in [5.41, 5.74) is 2.04. The Hall–Kier alpha value is -2.29. The number of amides is 1. The Bertz CT molecular complexity index is 1200. The minimum atomic E-state index is -3.68. The van der Waals surface area contributed by atoms with Crippen molar-refractivity contribution in [1.82, 2.24) is 14.2 Å². The lowest BCUT2D eigenvalue weighted by atomic mass is 9.97. The largest absolute Gasteiger partial charge is 0.341 e. The molecule has 0 aliphatic carbocycles. The summed E-state index contributed by atoms with van der Waals surface area (Å²) >= 11 is 1.74. The summed E-state index contributed by atoms with van der Waals surface area (Å²) in [6.45, 7) is 3.62. The summed E-state index contributed by atoms with van der Waals surface area (Å²) < 4.78 is 29.0. The van der Waals surface area contributed by atoms with Gasteiger partial charge in [0.2, 0.25) is 15.9 Å². The number of aryl methyl sites for hydroxylation is 1. The van der Waals surface area contributed by atoms with Crippen LogP contribution in [-0.2, 0) is 14.8 Å². The zero-order chi connectivity index (χ0) is 22.3. The van der Waals surface area contributed by atoms with Crippen molar-refractivity contribution in [3.05, 3.63) is 59.1 Å². The number of piperidine rings is 1. The van der Waals surface area contributed by atoms with Gasteiger partial charge in [-0.15, -0.1) is 11.3 Å². The molecular weight excluding hydrogens is 442 g/mol. The number of thiazole rings is 1. The highest BCUT2D eigenvalue weighted by molar-refractivity contribution is 7.89. The van der Waals surface area contributed by atoms with Crippen LogP contribution in [0.4, 0.5) is 0 Å². The van der Waals surface area contributed by atoms with E-state index in [0.717, 1.165) is 28.9 Å². The number of rotatable bonds is 4. The minimum absolute atomic E-state index is 0.0547. The van der Waals surface area contributed by atoms with Crippen molar-refractivity contribution in [2.75, 3.05) is 19.6 Å². The highest BCUT2D eigenvalue weighted by Crippen LogP contribution is 2.35. The maximum Gasteiger partial charge on any atom is 0.243 e. The summed E-state index contributed by atoms with van der Waals surface area (Å²) in [6, 6.07) is 14.4. The van der Waals surface area contributed by atoms with Crippen LogP contribution in [-0.4, -0.2) is 54.2 Å². The van der Waals surface area contributed by atoms with Crippen LogP contribution in [0.1, 0.15) is 42.2 Å². The van der Waals surface area contributed by atoms with Gasteiger partial charge in [0, 0.05) is 25.6 Å². The number of fused-ring (bicyclic) bond motifs is 1. The normalized spacial score (nSPS) is 20.8. The molecule has 2 aromatic carbocycles. The monoisotopic (exact) mass is 469 g/mol. The second-order valence-electron chi connectivity index (χ2n) is 8.71. The number of likely N-dealkylation sites (tertiary alicyclic amines) is 1. The van der Waals surface area contributed by atoms with Crippen molar-refractivity contribution in [2.45, 2.75) is 49.5 Å². The molecule has 6 nitrogen and oxygen atoms in total. The molecule has 3 aromatic rings.